The number of aromatic nitrogens is 2. The first kappa shape index (κ1) is 17.8. The summed E-state index contributed by atoms with van der Waals surface area (Å²) in [6.45, 7) is 7.88. The van der Waals surface area contributed by atoms with E-state index < -0.39 is 6.03 Å². The normalized spacial score (nSPS) is 10.2. The molecule has 0 spiro atoms. The van der Waals surface area contributed by atoms with Crippen LogP contribution in [-0.2, 0) is 4.79 Å². The monoisotopic (exact) mass is 344 g/mol. The van der Waals surface area contributed by atoms with Crippen molar-refractivity contribution in [2.24, 2.45) is 0 Å². The van der Waals surface area contributed by atoms with Crippen LogP contribution in [0.3, 0.4) is 0 Å². The number of nitrogens with one attached hydrogen (secondary N) is 2. The van der Waals surface area contributed by atoms with Gasteiger partial charge in [0.1, 0.15) is 0 Å². The zero-order valence-corrected chi connectivity index (χ0v) is 14.5. The molecule has 2 N–H and O–H groups in total. The fraction of sp³-hybridized carbons (Fsp3) is 0.235. The number of aryl methyl sites for hydroxylation is 2. The number of carbonyl (C=O) groups is 2. The summed E-state index contributed by atoms with van der Waals surface area (Å²) in [6.07, 6.45) is 5.09. The molecule has 126 valence electrons. The van der Waals surface area contributed by atoms with Crippen molar-refractivity contribution in [2.45, 2.75) is 19.0 Å². The highest BCUT2D eigenvalue weighted by molar-refractivity contribution is 7.99. The number of imide groups is 1. The lowest BCUT2D eigenvalue weighted by molar-refractivity contribution is -0.117. The molecular weight excluding hydrogens is 324 g/mol. The highest BCUT2D eigenvalue weighted by atomic mass is 32.2. The van der Waals surface area contributed by atoms with E-state index in [0.29, 0.717) is 11.7 Å². The first-order valence-electron chi connectivity index (χ1n) is 7.43. The van der Waals surface area contributed by atoms with Gasteiger partial charge in [-0.05, 0) is 25.5 Å². The molecule has 1 aromatic heterocycles. The van der Waals surface area contributed by atoms with Gasteiger partial charge < -0.3 is 5.32 Å². The molecule has 3 amide bonds. The summed E-state index contributed by atoms with van der Waals surface area (Å²) in [7, 11) is 0. The molecule has 7 heteroatoms. The van der Waals surface area contributed by atoms with Gasteiger partial charge in [0.2, 0.25) is 5.91 Å². The van der Waals surface area contributed by atoms with Crippen molar-refractivity contribution in [3.05, 3.63) is 54.4 Å². The Balaban J connectivity index is 2.00. The van der Waals surface area contributed by atoms with Crippen LogP contribution >= 0.6 is 11.8 Å². The van der Waals surface area contributed by atoms with Gasteiger partial charge in [-0.1, -0.05) is 35.5 Å². The van der Waals surface area contributed by atoms with Gasteiger partial charge in [-0.3, -0.25) is 14.7 Å². The van der Waals surface area contributed by atoms with Crippen LogP contribution < -0.4 is 10.6 Å². The summed E-state index contributed by atoms with van der Waals surface area (Å²) in [4.78, 5) is 27.5. The smallest absolute Gasteiger partial charge is 0.321 e. The Hall–Kier alpha value is -2.54. The maximum absolute atomic E-state index is 11.8. The van der Waals surface area contributed by atoms with Crippen LogP contribution in [-0.4, -0.2) is 33.8 Å². The molecule has 0 radical (unpaired) electrons. The number of hydrogen-bond donors (Lipinski definition) is 2. The second-order valence-corrected chi connectivity index (χ2v) is 6.15. The second kappa shape index (κ2) is 8.35. The van der Waals surface area contributed by atoms with Crippen LogP contribution in [0.15, 0.2) is 48.4 Å². The number of benzene rings is 1. The Morgan fingerprint density at radius 3 is 2.88 bits per heavy atom. The summed E-state index contributed by atoms with van der Waals surface area (Å²) in [5.74, 6) is -0.277. The van der Waals surface area contributed by atoms with Crippen molar-refractivity contribution >= 4 is 23.7 Å². The molecule has 0 saturated carbocycles. The van der Waals surface area contributed by atoms with E-state index in [2.05, 4.69) is 28.3 Å². The third-order valence-electron chi connectivity index (χ3n) is 3.21. The van der Waals surface area contributed by atoms with Crippen molar-refractivity contribution in [3.63, 3.8) is 0 Å². The van der Waals surface area contributed by atoms with Crippen molar-refractivity contribution in [3.8, 4) is 5.69 Å². The summed E-state index contributed by atoms with van der Waals surface area (Å²) in [5.41, 5.74) is 3.34. The molecule has 0 bridgehead atoms. The Morgan fingerprint density at radius 2 is 2.17 bits per heavy atom. The van der Waals surface area contributed by atoms with E-state index in [-0.39, 0.29) is 11.7 Å². The van der Waals surface area contributed by atoms with Crippen LogP contribution in [0.2, 0.25) is 0 Å². The SMILES string of the molecule is C=CCNC(=O)NC(=O)CSc1nccn1-c1ccc(C)cc1C. The van der Waals surface area contributed by atoms with Gasteiger partial charge in [-0.25, -0.2) is 9.78 Å². The second-order valence-electron chi connectivity index (χ2n) is 5.21. The molecule has 24 heavy (non-hydrogen) atoms. The number of urea groups is 1. The fourth-order valence-corrected chi connectivity index (χ4v) is 2.92. The van der Waals surface area contributed by atoms with E-state index in [0.717, 1.165) is 11.3 Å². The largest absolute Gasteiger partial charge is 0.334 e. The number of imidazole rings is 1. The standard InChI is InChI=1S/C17H20N4O2S/c1-4-7-18-16(23)20-15(22)11-24-17-19-8-9-21(17)14-6-5-12(2)10-13(14)3/h4-6,8-10H,1,7,11H2,2-3H3,(H2,18,20,22,23). The summed E-state index contributed by atoms with van der Waals surface area (Å²) >= 11 is 1.28. The van der Waals surface area contributed by atoms with E-state index in [1.54, 1.807) is 12.3 Å². The molecule has 0 saturated heterocycles. The summed E-state index contributed by atoms with van der Waals surface area (Å²) in [6, 6.07) is 5.63. The van der Waals surface area contributed by atoms with Crippen LogP contribution in [0.1, 0.15) is 11.1 Å². The predicted molar refractivity (Wildman–Crippen MR) is 95.5 cm³/mol. The molecule has 0 atom stereocenters. The lowest BCUT2D eigenvalue weighted by atomic mass is 10.1. The van der Waals surface area contributed by atoms with Crippen LogP contribution in [0.5, 0.6) is 0 Å². The van der Waals surface area contributed by atoms with Crippen molar-refractivity contribution in [1.29, 1.82) is 0 Å². The molecule has 2 rings (SSSR count). The molecule has 6 nitrogen and oxygen atoms in total. The summed E-state index contributed by atoms with van der Waals surface area (Å²) < 4.78 is 1.94. The molecular formula is C17H20N4O2S. The average molecular weight is 344 g/mol. The summed E-state index contributed by atoms with van der Waals surface area (Å²) in [5, 5.41) is 5.45. The molecule has 0 aliphatic heterocycles. The number of rotatable bonds is 6. The molecule has 0 aliphatic rings. The number of carbonyl (C=O) groups excluding carboxylic acids is 2. The molecule has 0 unspecified atom stereocenters. The number of hydrogen-bond acceptors (Lipinski definition) is 4. The van der Waals surface area contributed by atoms with E-state index in [9.17, 15) is 9.59 Å². The molecule has 1 aromatic carbocycles. The number of amides is 3. The molecule has 1 heterocycles. The third kappa shape index (κ3) is 4.73. The third-order valence-corrected chi connectivity index (χ3v) is 4.18. The van der Waals surface area contributed by atoms with Crippen molar-refractivity contribution < 1.29 is 9.59 Å². The maximum Gasteiger partial charge on any atom is 0.321 e. The van der Waals surface area contributed by atoms with E-state index >= 15 is 0 Å². The molecule has 2 aromatic rings. The van der Waals surface area contributed by atoms with Gasteiger partial charge >= 0.3 is 6.03 Å². The van der Waals surface area contributed by atoms with E-state index in [1.165, 1.54) is 17.3 Å². The van der Waals surface area contributed by atoms with E-state index in [4.69, 9.17) is 0 Å². The minimum absolute atomic E-state index is 0.101. The Morgan fingerprint density at radius 1 is 1.38 bits per heavy atom. The van der Waals surface area contributed by atoms with Crippen molar-refractivity contribution in [1.82, 2.24) is 20.2 Å². The lowest BCUT2D eigenvalue weighted by Crippen LogP contribution is -2.40. The zero-order valence-electron chi connectivity index (χ0n) is 13.7. The topological polar surface area (TPSA) is 76.0 Å². The first-order valence-corrected chi connectivity index (χ1v) is 8.42. The van der Waals surface area contributed by atoms with Crippen LogP contribution in [0.25, 0.3) is 5.69 Å². The van der Waals surface area contributed by atoms with Gasteiger partial charge in [0.15, 0.2) is 5.16 Å². The highest BCUT2D eigenvalue weighted by Gasteiger charge is 2.12. The maximum atomic E-state index is 11.8. The van der Waals surface area contributed by atoms with Gasteiger partial charge in [-0.2, -0.15) is 0 Å². The average Bonchev–Trinajstić information content (AvgIpc) is 2.99. The molecule has 0 aliphatic carbocycles. The first-order chi connectivity index (χ1) is 11.5. The zero-order chi connectivity index (χ0) is 17.5. The Labute approximate surface area is 145 Å². The Bertz CT molecular complexity index is 755. The highest BCUT2D eigenvalue weighted by Crippen LogP contribution is 2.23. The fourth-order valence-electron chi connectivity index (χ4n) is 2.16. The number of thioether (sulfide) groups is 1. The predicted octanol–water partition coefficient (Wildman–Crippen LogP) is 2.59. The molecule has 0 fully saturated rings. The van der Waals surface area contributed by atoms with Gasteiger partial charge in [0, 0.05) is 18.9 Å². The van der Waals surface area contributed by atoms with Crippen LogP contribution in [0.4, 0.5) is 4.79 Å². The van der Waals surface area contributed by atoms with Gasteiger partial charge in [0.05, 0.1) is 11.4 Å². The minimum atomic E-state index is -0.529. The van der Waals surface area contributed by atoms with Crippen LogP contribution in [0, 0.1) is 13.8 Å². The van der Waals surface area contributed by atoms with Gasteiger partial charge in [0.25, 0.3) is 0 Å². The van der Waals surface area contributed by atoms with E-state index in [1.807, 2.05) is 36.7 Å². The minimum Gasteiger partial charge on any atom is -0.334 e. The van der Waals surface area contributed by atoms with Crippen molar-refractivity contribution in [2.75, 3.05) is 12.3 Å². The van der Waals surface area contributed by atoms with Gasteiger partial charge in [-0.15, -0.1) is 6.58 Å². The number of nitrogens with zero attached hydrogens (tertiary/aromatic N) is 2. The Kier molecular flexibility index (Phi) is 6.20. The quantitative estimate of drug-likeness (QED) is 0.624. The lowest BCUT2D eigenvalue weighted by Gasteiger charge is -2.11.